The van der Waals surface area contributed by atoms with Gasteiger partial charge in [0.2, 0.25) is 0 Å². The fourth-order valence-electron chi connectivity index (χ4n) is 1.69. The van der Waals surface area contributed by atoms with E-state index in [9.17, 15) is 13.2 Å². The van der Waals surface area contributed by atoms with E-state index >= 15 is 0 Å². The first-order valence-electron chi connectivity index (χ1n) is 6.12. The van der Waals surface area contributed by atoms with Crippen LogP contribution in [0.2, 0.25) is 0 Å². The Hall–Kier alpha value is -1.56. The van der Waals surface area contributed by atoms with Gasteiger partial charge in [-0.05, 0) is 30.7 Å². The van der Waals surface area contributed by atoms with Crippen LogP contribution in [-0.4, -0.2) is 38.8 Å². The summed E-state index contributed by atoms with van der Waals surface area (Å²) in [6.07, 6.45) is 0.634. The molecule has 106 valence electrons. The molecule has 19 heavy (non-hydrogen) atoms. The quantitative estimate of drug-likeness (QED) is 0.826. The van der Waals surface area contributed by atoms with E-state index in [0.717, 1.165) is 5.69 Å². The second-order valence-corrected chi connectivity index (χ2v) is 6.49. The summed E-state index contributed by atoms with van der Waals surface area (Å²) in [5.74, 6) is -0.713. The molecule has 0 radical (unpaired) electrons. The summed E-state index contributed by atoms with van der Waals surface area (Å²) in [6, 6.07) is 6.53. The number of sulfone groups is 1. The highest BCUT2D eigenvalue weighted by atomic mass is 32.2. The van der Waals surface area contributed by atoms with Gasteiger partial charge in [0.15, 0.2) is 9.84 Å². The number of carboxylic acid groups (broad SMARTS) is 1. The maximum atomic E-state index is 11.8. The van der Waals surface area contributed by atoms with Crippen molar-refractivity contribution in [3.63, 3.8) is 0 Å². The van der Waals surface area contributed by atoms with Crippen LogP contribution >= 0.6 is 0 Å². The predicted molar refractivity (Wildman–Crippen MR) is 74.3 cm³/mol. The zero-order valence-corrected chi connectivity index (χ0v) is 12.0. The van der Waals surface area contributed by atoms with Crippen molar-refractivity contribution < 1.29 is 18.3 Å². The van der Waals surface area contributed by atoms with Gasteiger partial charge in [-0.3, -0.25) is 4.79 Å². The van der Waals surface area contributed by atoms with Crippen molar-refractivity contribution in [2.45, 2.75) is 24.7 Å². The molecule has 1 rings (SSSR count). The van der Waals surface area contributed by atoms with Crippen LogP contribution in [0.15, 0.2) is 29.2 Å². The fraction of sp³-hybridized carbons (Fsp3) is 0.462. The summed E-state index contributed by atoms with van der Waals surface area (Å²) in [5.41, 5.74) is 0.802. The van der Waals surface area contributed by atoms with Gasteiger partial charge >= 0.3 is 5.97 Å². The number of aliphatic carboxylic acids is 1. The molecule has 1 aromatic rings. The first kappa shape index (κ1) is 15.5. The van der Waals surface area contributed by atoms with Gasteiger partial charge in [0, 0.05) is 19.3 Å². The average molecular weight is 285 g/mol. The highest BCUT2D eigenvalue weighted by Crippen LogP contribution is 2.18. The van der Waals surface area contributed by atoms with Crippen LogP contribution in [0, 0.1) is 0 Å². The van der Waals surface area contributed by atoms with E-state index < -0.39 is 15.8 Å². The molecule has 0 spiro atoms. The van der Waals surface area contributed by atoms with Crippen molar-refractivity contribution in [1.82, 2.24) is 0 Å². The number of carbonyl (C=O) groups is 1. The SMILES string of the molecule is CCCS(=O)(=O)c1ccc(N(C)CCC(=O)O)cc1. The molecule has 0 aliphatic carbocycles. The third-order valence-corrected chi connectivity index (χ3v) is 4.71. The second-order valence-electron chi connectivity index (χ2n) is 4.38. The first-order valence-corrected chi connectivity index (χ1v) is 7.78. The number of carboxylic acids is 1. The van der Waals surface area contributed by atoms with Crippen LogP contribution in [0.1, 0.15) is 19.8 Å². The van der Waals surface area contributed by atoms with Crippen LogP contribution in [0.3, 0.4) is 0 Å². The van der Waals surface area contributed by atoms with E-state index in [1.54, 1.807) is 36.2 Å². The molecule has 0 saturated heterocycles. The lowest BCUT2D eigenvalue weighted by atomic mass is 10.3. The van der Waals surface area contributed by atoms with Gasteiger partial charge in [-0.25, -0.2) is 8.42 Å². The van der Waals surface area contributed by atoms with E-state index in [4.69, 9.17) is 5.11 Å². The summed E-state index contributed by atoms with van der Waals surface area (Å²) < 4.78 is 23.7. The molecular weight excluding hydrogens is 266 g/mol. The lowest BCUT2D eigenvalue weighted by Crippen LogP contribution is -2.20. The van der Waals surface area contributed by atoms with E-state index in [1.165, 1.54) is 0 Å². The van der Waals surface area contributed by atoms with Gasteiger partial charge < -0.3 is 10.0 Å². The zero-order valence-electron chi connectivity index (χ0n) is 11.2. The number of nitrogens with zero attached hydrogens (tertiary/aromatic N) is 1. The topological polar surface area (TPSA) is 74.7 Å². The Morgan fingerprint density at radius 2 is 1.84 bits per heavy atom. The minimum atomic E-state index is -3.19. The molecule has 0 atom stereocenters. The Labute approximate surface area is 113 Å². The molecule has 1 N–H and O–H groups in total. The number of benzene rings is 1. The minimum absolute atomic E-state index is 0.0480. The first-order chi connectivity index (χ1) is 8.86. The zero-order chi connectivity index (χ0) is 14.5. The monoisotopic (exact) mass is 285 g/mol. The smallest absolute Gasteiger partial charge is 0.305 e. The normalized spacial score (nSPS) is 11.3. The molecule has 0 fully saturated rings. The van der Waals surface area contributed by atoms with Gasteiger partial charge in [-0.2, -0.15) is 0 Å². The van der Waals surface area contributed by atoms with Crippen LogP contribution < -0.4 is 4.90 Å². The van der Waals surface area contributed by atoms with E-state index in [1.807, 2.05) is 6.92 Å². The molecule has 0 amide bonds. The van der Waals surface area contributed by atoms with Gasteiger partial charge in [-0.15, -0.1) is 0 Å². The maximum Gasteiger partial charge on any atom is 0.305 e. The van der Waals surface area contributed by atoms with Crippen molar-refractivity contribution in [3.05, 3.63) is 24.3 Å². The molecular formula is C13H19NO4S. The highest BCUT2D eigenvalue weighted by molar-refractivity contribution is 7.91. The summed E-state index contributed by atoms with van der Waals surface area (Å²) in [5, 5.41) is 8.61. The third-order valence-electron chi connectivity index (χ3n) is 2.77. The molecule has 5 nitrogen and oxygen atoms in total. The summed E-state index contributed by atoms with van der Waals surface area (Å²) in [6.45, 7) is 2.21. The number of rotatable bonds is 7. The molecule has 0 unspecified atom stereocenters. The maximum absolute atomic E-state index is 11.8. The van der Waals surface area contributed by atoms with E-state index in [2.05, 4.69) is 0 Å². The number of hydrogen-bond donors (Lipinski definition) is 1. The molecule has 0 bridgehead atoms. The predicted octanol–water partition coefficient (Wildman–Crippen LogP) is 1.78. The Bertz CT molecular complexity index is 522. The third kappa shape index (κ3) is 4.55. The Balaban J connectivity index is 2.79. The van der Waals surface area contributed by atoms with Crippen molar-refractivity contribution in [2.24, 2.45) is 0 Å². The van der Waals surface area contributed by atoms with Gasteiger partial charge in [0.25, 0.3) is 0 Å². The summed E-state index contributed by atoms with van der Waals surface area (Å²) >= 11 is 0. The number of anilines is 1. The van der Waals surface area contributed by atoms with Crippen molar-refractivity contribution in [2.75, 3.05) is 24.2 Å². The molecule has 0 aliphatic heterocycles. The lowest BCUT2D eigenvalue weighted by Gasteiger charge is -2.18. The van der Waals surface area contributed by atoms with Crippen LogP contribution in [-0.2, 0) is 14.6 Å². The van der Waals surface area contributed by atoms with Crippen molar-refractivity contribution in [3.8, 4) is 0 Å². The Morgan fingerprint density at radius 1 is 1.26 bits per heavy atom. The van der Waals surface area contributed by atoms with Crippen LogP contribution in [0.4, 0.5) is 5.69 Å². The number of hydrogen-bond acceptors (Lipinski definition) is 4. The largest absolute Gasteiger partial charge is 0.481 e. The molecule has 0 aromatic heterocycles. The summed E-state index contributed by atoms with van der Waals surface area (Å²) in [7, 11) is -1.41. The average Bonchev–Trinajstić information content (AvgIpc) is 2.36. The van der Waals surface area contributed by atoms with Crippen LogP contribution in [0.5, 0.6) is 0 Å². The van der Waals surface area contributed by atoms with Crippen molar-refractivity contribution in [1.29, 1.82) is 0 Å². The van der Waals surface area contributed by atoms with Crippen LogP contribution in [0.25, 0.3) is 0 Å². The Kier molecular flexibility index (Phi) is 5.35. The molecule has 0 saturated carbocycles. The van der Waals surface area contributed by atoms with E-state index in [-0.39, 0.29) is 12.2 Å². The standard InChI is InChI=1S/C13H19NO4S/c1-3-10-19(17,18)12-6-4-11(5-7-12)14(2)9-8-13(15)16/h4-7H,3,8-10H2,1-2H3,(H,15,16). The molecule has 1 aromatic carbocycles. The van der Waals surface area contributed by atoms with Gasteiger partial charge in [0.1, 0.15) is 0 Å². The van der Waals surface area contributed by atoms with E-state index in [0.29, 0.717) is 17.9 Å². The lowest BCUT2D eigenvalue weighted by molar-refractivity contribution is -0.136. The molecule has 0 heterocycles. The summed E-state index contributed by atoms with van der Waals surface area (Å²) in [4.78, 5) is 12.6. The minimum Gasteiger partial charge on any atom is -0.481 e. The van der Waals surface area contributed by atoms with Crippen molar-refractivity contribution >= 4 is 21.5 Å². The van der Waals surface area contributed by atoms with Gasteiger partial charge in [-0.1, -0.05) is 6.92 Å². The second kappa shape index (κ2) is 6.56. The van der Waals surface area contributed by atoms with Gasteiger partial charge in [0.05, 0.1) is 17.1 Å². The molecule has 6 heteroatoms. The Morgan fingerprint density at radius 3 is 2.32 bits per heavy atom. The fourth-order valence-corrected chi connectivity index (χ4v) is 3.01. The highest BCUT2D eigenvalue weighted by Gasteiger charge is 2.13. The molecule has 0 aliphatic rings.